The highest BCUT2D eigenvalue weighted by Crippen LogP contribution is 2.32. The van der Waals surface area contributed by atoms with Gasteiger partial charge in [0.1, 0.15) is 0 Å². The lowest BCUT2D eigenvalue weighted by Crippen LogP contribution is -2.24. The largest absolute Gasteiger partial charge is 0.330 e. The van der Waals surface area contributed by atoms with E-state index < -0.39 is 0 Å². The number of rotatable bonds is 6. The summed E-state index contributed by atoms with van der Waals surface area (Å²) in [5, 5.41) is 0. The van der Waals surface area contributed by atoms with E-state index in [1.165, 1.54) is 0 Å². The van der Waals surface area contributed by atoms with Crippen molar-refractivity contribution in [3.63, 3.8) is 0 Å². The summed E-state index contributed by atoms with van der Waals surface area (Å²) in [4.78, 5) is 12.3. The second-order valence-corrected chi connectivity index (χ2v) is 6.42. The maximum absolute atomic E-state index is 12.3. The van der Waals surface area contributed by atoms with Crippen LogP contribution < -0.4 is 5.73 Å². The highest BCUT2D eigenvalue weighted by molar-refractivity contribution is 5.97. The highest BCUT2D eigenvalue weighted by Gasteiger charge is 2.24. The van der Waals surface area contributed by atoms with Crippen molar-refractivity contribution >= 4 is 5.78 Å². The van der Waals surface area contributed by atoms with Crippen LogP contribution in [-0.2, 0) is 0 Å². The summed E-state index contributed by atoms with van der Waals surface area (Å²) in [6.45, 7) is 9.37. The first kappa shape index (κ1) is 15.9. The summed E-state index contributed by atoms with van der Waals surface area (Å²) in [5.74, 6) is 0.759. The van der Waals surface area contributed by atoms with Crippen LogP contribution in [0.15, 0.2) is 24.3 Å². The summed E-state index contributed by atoms with van der Waals surface area (Å²) in [6, 6.07) is 7.82. The van der Waals surface area contributed by atoms with Gasteiger partial charge in [-0.05, 0) is 43.2 Å². The summed E-state index contributed by atoms with van der Waals surface area (Å²) in [6.07, 6.45) is 2.53. The van der Waals surface area contributed by atoms with E-state index in [-0.39, 0.29) is 11.2 Å². The number of ketones is 1. The Labute approximate surface area is 117 Å². The second kappa shape index (κ2) is 6.85. The molecule has 1 aromatic rings. The molecule has 1 unspecified atom stereocenters. The summed E-state index contributed by atoms with van der Waals surface area (Å²) < 4.78 is 0. The molecule has 0 amide bonds. The number of Topliss-reactive ketones (excluding diaryl/α,β-unsaturated/α-hetero) is 1. The molecule has 1 atom stereocenters. The molecule has 0 aliphatic rings. The Kier molecular flexibility index (Phi) is 5.74. The maximum atomic E-state index is 12.3. The highest BCUT2D eigenvalue weighted by atomic mass is 16.1. The van der Waals surface area contributed by atoms with E-state index in [1.807, 2.05) is 31.2 Å². The first-order valence-electron chi connectivity index (χ1n) is 7.15. The summed E-state index contributed by atoms with van der Waals surface area (Å²) in [7, 11) is 0. The first-order valence-corrected chi connectivity index (χ1v) is 7.15. The molecule has 0 aromatic heterocycles. The molecule has 2 nitrogen and oxygen atoms in total. The molecule has 0 saturated heterocycles. The van der Waals surface area contributed by atoms with Crippen LogP contribution in [0.25, 0.3) is 0 Å². The van der Waals surface area contributed by atoms with Gasteiger partial charge in [-0.15, -0.1) is 0 Å². The average Bonchev–Trinajstić information content (AvgIpc) is 2.33. The molecule has 0 saturated carbocycles. The van der Waals surface area contributed by atoms with E-state index in [0.717, 1.165) is 24.0 Å². The van der Waals surface area contributed by atoms with E-state index in [4.69, 9.17) is 5.73 Å². The normalized spacial score (nSPS) is 13.3. The molecule has 2 N–H and O–H groups in total. The maximum Gasteiger partial charge on any atom is 0.163 e. The van der Waals surface area contributed by atoms with Crippen molar-refractivity contribution < 1.29 is 4.79 Å². The minimum Gasteiger partial charge on any atom is -0.330 e. The molecule has 19 heavy (non-hydrogen) atoms. The van der Waals surface area contributed by atoms with Gasteiger partial charge in [0, 0.05) is 12.0 Å². The predicted octanol–water partition coefficient (Wildman–Crippen LogP) is 3.97. The standard InChI is InChI=1S/C17H27NO/c1-13-7-5-6-8-15(13)16(19)10-9-14(11-12-18)17(2,3)4/h5-8,14H,9-12,18H2,1-4H3. The van der Waals surface area contributed by atoms with Gasteiger partial charge in [-0.25, -0.2) is 0 Å². The molecular weight excluding hydrogens is 234 g/mol. The fourth-order valence-electron chi connectivity index (χ4n) is 2.54. The zero-order chi connectivity index (χ0) is 14.5. The van der Waals surface area contributed by atoms with Gasteiger partial charge in [-0.2, -0.15) is 0 Å². The third kappa shape index (κ3) is 4.79. The smallest absolute Gasteiger partial charge is 0.163 e. The fourth-order valence-corrected chi connectivity index (χ4v) is 2.54. The molecule has 1 aromatic carbocycles. The van der Waals surface area contributed by atoms with Gasteiger partial charge in [0.2, 0.25) is 0 Å². The van der Waals surface area contributed by atoms with Gasteiger partial charge in [0.15, 0.2) is 5.78 Å². The Balaban J connectivity index is 2.65. The van der Waals surface area contributed by atoms with E-state index in [1.54, 1.807) is 0 Å². The molecule has 0 radical (unpaired) electrons. The first-order chi connectivity index (χ1) is 8.86. The number of carbonyl (C=O) groups is 1. The van der Waals surface area contributed by atoms with Crippen molar-refractivity contribution in [2.45, 2.75) is 47.0 Å². The Morgan fingerprint density at radius 3 is 2.37 bits per heavy atom. The molecule has 2 heteroatoms. The van der Waals surface area contributed by atoms with Gasteiger partial charge in [0.25, 0.3) is 0 Å². The van der Waals surface area contributed by atoms with Crippen LogP contribution in [-0.4, -0.2) is 12.3 Å². The quantitative estimate of drug-likeness (QED) is 0.787. The van der Waals surface area contributed by atoms with Crippen molar-refractivity contribution in [2.75, 3.05) is 6.54 Å². The molecule has 0 aliphatic heterocycles. The monoisotopic (exact) mass is 261 g/mol. The van der Waals surface area contributed by atoms with Gasteiger partial charge in [-0.3, -0.25) is 4.79 Å². The SMILES string of the molecule is Cc1ccccc1C(=O)CCC(CCN)C(C)(C)C. The summed E-state index contributed by atoms with van der Waals surface area (Å²) >= 11 is 0. The van der Waals surface area contributed by atoms with Gasteiger partial charge < -0.3 is 5.73 Å². The van der Waals surface area contributed by atoms with Crippen LogP contribution in [0.4, 0.5) is 0 Å². The predicted molar refractivity (Wildman–Crippen MR) is 81.4 cm³/mol. The van der Waals surface area contributed by atoms with Crippen molar-refractivity contribution in [1.82, 2.24) is 0 Å². The lowest BCUT2D eigenvalue weighted by molar-refractivity contribution is 0.0957. The number of carbonyl (C=O) groups excluding carboxylic acids is 1. The Hall–Kier alpha value is -1.15. The zero-order valence-electron chi connectivity index (χ0n) is 12.7. The average molecular weight is 261 g/mol. The van der Waals surface area contributed by atoms with Crippen LogP contribution in [0.2, 0.25) is 0 Å². The van der Waals surface area contributed by atoms with Crippen molar-refractivity contribution in [3.05, 3.63) is 35.4 Å². The number of hydrogen-bond acceptors (Lipinski definition) is 2. The Morgan fingerprint density at radius 2 is 1.84 bits per heavy atom. The van der Waals surface area contributed by atoms with E-state index >= 15 is 0 Å². The van der Waals surface area contributed by atoms with Gasteiger partial charge in [-0.1, -0.05) is 45.0 Å². The number of aryl methyl sites for hydroxylation is 1. The molecule has 0 fully saturated rings. The van der Waals surface area contributed by atoms with Crippen LogP contribution >= 0.6 is 0 Å². The molecule has 1 rings (SSSR count). The van der Waals surface area contributed by atoms with Crippen LogP contribution in [0.5, 0.6) is 0 Å². The molecule has 0 bridgehead atoms. The summed E-state index contributed by atoms with van der Waals surface area (Å²) in [5.41, 5.74) is 7.83. The minimum absolute atomic E-state index is 0.214. The minimum atomic E-state index is 0.214. The van der Waals surface area contributed by atoms with E-state index in [2.05, 4.69) is 20.8 Å². The third-order valence-corrected chi connectivity index (χ3v) is 3.91. The van der Waals surface area contributed by atoms with Crippen molar-refractivity contribution in [3.8, 4) is 0 Å². The lowest BCUT2D eigenvalue weighted by atomic mass is 9.75. The van der Waals surface area contributed by atoms with Crippen LogP contribution in [0.3, 0.4) is 0 Å². The number of hydrogen-bond donors (Lipinski definition) is 1. The second-order valence-electron chi connectivity index (χ2n) is 6.42. The van der Waals surface area contributed by atoms with Crippen LogP contribution in [0, 0.1) is 18.3 Å². The topological polar surface area (TPSA) is 43.1 Å². The van der Waals surface area contributed by atoms with Crippen molar-refractivity contribution in [1.29, 1.82) is 0 Å². The van der Waals surface area contributed by atoms with Gasteiger partial charge in [0.05, 0.1) is 0 Å². The van der Waals surface area contributed by atoms with Crippen LogP contribution in [0.1, 0.15) is 56.0 Å². The fraction of sp³-hybridized carbons (Fsp3) is 0.588. The van der Waals surface area contributed by atoms with E-state index in [0.29, 0.717) is 18.9 Å². The van der Waals surface area contributed by atoms with Crippen molar-refractivity contribution in [2.24, 2.45) is 17.1 Å². The molecule has 0 aliphatic carbocycles. The molecule has 106 valence electrons. The van der Waals surface area contributed by atoms with Gasteiger partial charge >= 0.3 is 0 Å². The number of nitrogens with two attached hydrogens (primary N) is 1. The molecule has 0 spiro atoms. The molecule has 0 heterocycles. The van der Waals surface area contributed by atoms with E-state index in [9.17, 15) is 4.79 Å². The Bertz CT molecular complexity index is 418. The zero-order valence-corrected chi connectivity index (χ0v) is 12.7. The Morgan fingerprint density at radius 1 is 1.21 bits per heavy atom. The third-order valence-electron chi connectivity index (χ3n) is 3.91. The lowest BCUT2D eigenvalue weighted by Gasteiger charge is -2.30. The molecular formula is C17H27NO. The number of benzene rings is 1.